The summed E-state index contributed by atoms with van der Waals surface area (Å²) in [5.41, 5.74) is 0. The second kappa shape index (κ2) is 5.06. The van der Waals surface area contributed by atoms with Gasteiger partial charge in [0.25, 0.3) is 0 Å². The first-order valence-electron chi connectivity index (χ1n) is 1.97. The summed E-state index contributed by atoms with van der Waals surface area (Å²) >= 11 is 1.65. The van der Waals surface area contributed by atoms with E-state index >= 15 is 0 Å². The first-order valence-corrected chi connectivity index (χ1v) is 5.91. The van der Waals surface area contributed by atoms with Gasteiger partial charge in [0.1, 0.15) is 0 Å². The molecule has 0 fully saturated rings. The van der Waals surface area contributed by atoms with Crippen LogP contribution in [0.5, 0.6) is 0 Å². The van der Waals surface area contributed by atoms with Gasteiger partial charge in [-0.25, -0.2) is 0 Å². The maximum atomic E-state index is 2.32. The molecule has 0 heterocycles. The summed E-state index contributed by atoms with van der Waals surface area (Å²) in [5.74, 6) is 4.63. The van der Waals surface area contributed by atoms with Gasteiger partial charge in [0.05, 0.1) is 0 Å². The Balaban J connectivity index is 2.19. The number of hydrogen-bond donors (Lipinski definition) is 0. The summed E-state index contributed by atoms with van der Waals surface area (Å²) in [4.78, 5) is 0. The molecule has 0 unspecified atom stereocenters. The van der Waals surface area contributed by atoms with Crippen molar-refractivity contribution in [1.29, 1.82) is 0 Å². The van der Waals surface area contributed by atoms with Crippen LogP contribution >= 0.6 is 0 Å². The van der Waals surface area contributed by atoms with Crippen molar-refractivity contribution in [2.45, 2.75) is 15.7 Å². The zero-order valence-corrected chi connectivity index (χ0v) is 6.17. The predicted octanol–water partition coefficient (Wildman–Crippen LogP) is 0.867. The van der Waals surface area contributed by atoms with Crippen LogP contribution in [0, 0.1) is 0 Å². The maximum absolute atomic E-state index is 2.32. The van der Waals surface area contributed by atoms with Crippen molar-refractivity contribution in [3.05, 3.63) is 0 Å². The Morgan fingerprint density at radius 3 is 1.60 bits per heavy atom. The van der Waals surface area contributed by atoms with Crippen LogP contribution in [0.4, 0.5) is 0 Å². The highest BCUT2D eigenvalue weighted by Gasteiger charge is 1.76. The molecule has 2 radical (unpaired) electrons. The summed E-state index contributed by atoms with van der Waals surface area (Å²) in [5, 5.41) is 0. The van der Waals surface area contributed by atoms with Crippen LogP contribution in [0.15, 0.2) is 0 Å². The van der Waals surface area contributed by atoms with Gasteiger partial charge in [-0.15, -0.1) is 11.6 Å². The molecule has 0 aliphatic heterocycles. The Morgan fingerprint density at radius 2 is 1.60 bits per heavy atom. The molecule has 0 aliphatic rings. The monoisotopic (exact) mass is 98.0 g/mol. The van der Waals surface area contributed by atoms with Crippen LogP contribution < -0.4 is 0 Å². The molecule has 26 valence electrons. The van der Waals surface area contributed by atoms with Crippen molar-refractivity contribution in [3.8, 4) is 0 Å². The Labute approximate surface area is 46.4 Å². The van der Waals surface area contributed by atoms with Gasteiger partial charge in [0, 0.05) is 0 Å². The van der Waals surface area contributed by atoms with Crippen molar-refractivity contribution in [3.63, 3.8) is 0 Å². The Kier molecular flexibility index (Phi) is 6.14. The summed E-state index contributed by atoms with van der Waals surface area (Å²) in [7, 11) is 0. The fourth-order valence-electron chi connectivity index (χ4n) is 0.236. The lowest BCUT2D eigenvalue weighted by Crippen LogP contribution is -1.84. The normalized spacial score (nSPS) is 6.80. The van der Waals surface area contributed by atoms with Crippen LogP contribution in [-0.2, 0) is 0 Å². The van der Waals surface area contributed by atoms with E-state index in [2.05, 4.69) is 11.6 Å². The summed E-state index contributed by atoms with van der Waals surface area (Å²) in [6, 6.07) is 0. The molecule has 0 spiro atoms. The first kappa shape index (κ1) is 6.06. The minimum Gasteiger partial charge on any atom is -0.152 e. The lowest BCUT2D eigenvalue weighted by molar-refractivity contribution is 1.91. The van der Waals surface area contributed by atoms with Gasteiger partial charge in [-0.2, -0.15) is 4.14 Å². The van der Waals surface area contributed by atoms with Gasteiger partial charge in [-0.05, 0) is 0 Å². The van der Waals surface area contributed by atoms with Gasteiger partial charge in [0.2, 0.25) is 0 Å². The van der Waals surface area contributed by atoms with E-state index in [9.17, 15) is 0 Å². The average Bonchev–Trinajstić information content (AvgIpc) is 1.41. The van der Waals surface area contributed by atoms with E-state index in [4.69, 9.17) is 0 Å². The quantitative estimate of drug-likeness (QED) is 0.449. The molecule has 0 aromatic heterocycles. The third-order valence-corrected chi connectivity index (χ3v) is 4.24. The molecule has 0 rings (SSSR count). The van der Waals surface area contributed by atoms with E-state index in [0.717, 1.165) is 30.4 Å². The molecule has 0 aromatic carbocycles. The molecule has 0 saturated carbocycles. The van der Waals surface area contributed by atoms with Crippen LogP contribution in [0.2, 0.25) is 15.7 Å². The van der Waals surface area contributed by atoms with E-state index in [-0.39, 0.29) is 0 Å². The average molecular weight is 98.1 g/mol. The smallest absolute Gasteiger partial charge is 0.152 e. The highest BCUT2D eigenvalue weighted by atomic mass is 27.2. The maximum Gasteiger partial charge on any atom is 0.178 e. The molecule has 2 heteroatoms. The topological polar surface area (TPSA) is 0 Å². The molecular formula is C3H8Al2. The van der Waals surface area contributed by atoms with Crippen LogP contribution in [0.1, 0.15) is 0 Å². The van der Waals surface area contributed by atoms with Crippen molar-refractivity contribution in [2.24, 2.45) is 0 Å². The molecular weight excluding hydrogens is 90.0 g/mol. The predicted molar refractivity (Wildman–Crippen MR) is 28.0 cm³/mol. The lowest BCUT2D eigenvalue weighted by atomic mass is 11.8. The minimum absolute atomic E-state index is 0.823. The molecule has 0 saturated heterocycles. The van der Waals surface area contributed by atoms with Crippen molar-refractivity contribution in [2.75, 3.05) is 0 Å². The van der Waals surface area contributed by atoms with Gasteiger partial charge < -0.3 is 0 Å². The SMILES string of the molecule is [CH3][Al][CH2][Al][CH3]. The summed E-state index contributed by atoms with van der Waals surface area (Å²) in [6.45, 7) is 0. The highest BCUT2D eigenvalue weighted by Crippen LogP contribution is 1.68. The van der Waals surface area contributed by atoms with Gasteiger partial charge in [-0.1, -0.05) is 0 Å². The van der Waals surface area contributed by atoms with Crippen molar-refractivity contribution in [1.82, 2.24) is 0 Å². The Bertz CT molecular complexity index is 12.4. The van der Waals surface area contributed by atoms with Gasteiger partial charge in [0.15, 0.2) is 30.4 Å². The number of rotatable bonds is 2. The molecule has 5 heavy (non-hydrogen) atoms. The molecule has 0 atom stereocenters. The summed E-state index contributed by atoms with van der Waals surface area (Å²) < 4.78 is 1.56. The third-order valence-electron chi connectivity index (χ3n) is 0.471. The molecule has 0 aliphatic carbocycles. The first-order chi connectivity index (χ1) is 2.41. The van der Waals surface area contributed by atoms with E-state index < -0.39 is 0 Å². The standard InChI is InChI=1S/2CH3.CH2.2Al/h2*1H3;1H2;;. The summed E-state index contributed by atoms with van der Waals surface area (Å²) in [6.07, 6.45) is 0. The molecule has 0 amide bonds. The van der Waals surface area contributed by atoms with Gasteiger partial charge in [-0.3, -0.25) is 0 Å². The second-order valence-corrected chi connectivity index (χ2v) is 4.57. The Morgan fingerprint density at radius 1 is 1.20 bits per heavy atom. The fourth-order valence-corrected chi connectivity index (χ4v) is 2.12. The largest absolute Gasteiger partial charge is 0.178 e. The zero-order valence-electron chi connectivity index (χ0n) is 3.86. The Hall–Kier alpha value is 1.06. The minimum atomic E-state index is 0.823. The van der Waals surface area contributed by atoms with E-state index in [1.807, 2.05) is 0 Å². The van der Waals surface area contributed by atoms with Crippen LogP contribution in [0.3, 0.4) is 0 Å². The lowest BCUT2D eigenvalue weighted by Gasteiger charge is -1.72. The fraction of sp³-hybridized carbons (Fsp3) is 1.00. The zero-order chi connectivity index (χ0) is 4.12. The van der Waals surface area contributed by atoms with Crippen molar-refractivity contribution >= 4 is 30.4 Å². The van der Waals surface area contributed by atoms with E-state index in [1.165, 1.54) is 0 Å². The third kappa shape index (κ3) is 5.06. The van der Waals surface area contributed by atoms with Crippen molar-refractivity contribution < 1.29 is 0 Å². The van der Waals surface area contributed by atoms with Crippen LogP contribution in [0.25, 0.3) is 0 Å². The molecule has 0 nitrogen and oxygen atoms in total. The molecule has 0 bridgehead atoms. The van der Waals surface area contributed by atoms with E-state index in [1.54, 1.807) is 4.14 Å². The highest BCUT2D eigenvalue weighted by molar-refractivity contribution is 6.54. The molecule has 0 aromatic rings. The second-order valence-electron chi connectivity index (χ2n) is 1.05. The van der Waals surface area contributed by atoms with Gasteiger partial charge >= 0.3 is 0 Å². The van der Waals surface area contributed by atoms with Crippen LogP contribution in [-0.4, -0.2) is 30.4 Å². The number of hydrogen-bond acceptors (Lipinski definition) is 0. The van der Waals surface area contributed by atoms with E-state index in [0.29, 0.717) is 0 Å². The molecule has 0 N–H and O–H groups in total.